The van der Waals surface area contributed by atoms with Gasteiger partial charge in [0.1, 0.15) is 18.7 Å². The van der Waals surface area contributed by atoms with E-state index in [1.54, 1.807) is 7.05 Å². The predicted molar refractivity (Wildman–Crippen MR) is 123 cm³/mol. The van der Waals surface area contributed by atoms with Gasteiger partial charge in [-0.3, -0.25) is 19.6 Å². The molecule has 0 aliphatic heterocycles. The lowest BCUT2D eigenvalue weighted by Crippen LogP contribution is -2.38. The third-order valence-electron chi connectivity index (χ3n) is 5.61. The van der Waals surface area contributed by atoms with Crippen LogP contribution >= 0.6 is 0 Å². The number of aromatic nitrogens is 2. The highest BCUT2D eigenvalue weighted by molar-refractivity contribution is 6.02. The Bertz CT molecular complexity index is 1190. The number of carbonyl (C=O) groups excluding carboxylic acids is 2. The van der Waals surface area contributed by atoms with Gasteiger partial charge in [-0.05, 0) is 22.3 Å². The van der Waals surface area contributed by atoms with E-state index in [-0.39, 0.29) is 30.5 Å². The summed E-state index contributed by atoms with van der Waals surface area (Å²) < 4.78 is 6.83. The molecule has 1 aliphatic carbocycles. The molecule has 2 aromatic carbocycles. The molecule has 1 aliphatic rings. The minimum Gasteiger partial charge on any atom is -0.480 e. The number of nitrogens with zero attached hydrogens (tertiary/aromatic N) is 3. The number of carboxylic acids is 1. The number of aliphatic carboxylic acids is 1. The Morgan fingerprint density at radius 2 is 1.71 bits per heavy atom. The van der Waals surface area contributed by atoms with Crippen LogP contribution in [0.1, 0.15) is 27.4 Å². The summed E-state index contributed by atoms with van der Waals surface area (Å²) in [4.78, 5) is 37.5. The van der Waals surface area contributed by atoms with Gasteiger partial charge >= 0.3 is 12.1 Å². The first kappa shape index (κ1) is 23.0. The van der Waals surface area contributed by atoms with Crippen molar-refractivity contribution in [1.29, 1.82) is 0 Å². The zero-order chi connectivity index (χ0) is 24.2. The van der Waals surface area contributed by atoms with Gasteiger partial charge in [-0.1, -0.05) is 48.5 Å². The zero-order valence-electron chi connectivity index (χ0n) is 18.5. The van der Waals surface area contributed by atoms with E-state index in [1.165, 1.54) is 10.9 Å². The Hall–Kier alpha value is -4.18. The van der Waals surface area contributed by atoms with Crippen LogP contribution in [0.15, 0.2) is 54.7 Å². The molecule has 176 valence electrons. The molecule has 0 saturated carbocycles. The van der Waals surface area contributed by atoms with Gasteiger partial charge in [0.05, 0.1) is 6.61 Å². The molecule has 34 heavy (non-hydrogen) atoms. The molecule has 1 heterocycles. The molecular formula is C24H24N4O6. The summed E-state index contributed by atoms with van der Waals surface area (Å²) in [7, 11) is 1.56. The maximum Gasteiger partial charge on any atom is 0.412 e. The standard InChI is InChI=1S/C24H24N4O6/c1-27-12-19(23(32)28(10-11-29)13-21(30)31)22(26-27)25-24(33)34-14-20-17-8-4-2-6-15(17)16-7-3-5-9-18(16)20/h2-9,12,20,29H,10-11,13-14H2,1H3,(H,30,31)(H,25,26,33). The first-order chi connectivity index (χ1) is 16.4. The summed E-state index contributed by atoms with van der Waals surface area (Å²) in [6.07, 6.45) is 0.578. The predicted octanol–water partition coefficient (Wildman–Crippen LogP) is 2.30. The molecule has 0 atom stereocenters. The van der Waals surface area contributed by atoms with Crippen LogP contribution in [-0.2, 0) is 16.6 Å². The Kier molecular flexibility index (Phi) is 6.60. The number of hydrogen-bond donors (Lipinski definition) is 3. The second kappa shape index (κ2) is 9.75. The molecular weight excluding hydrogens is 440 g/mol. The third kappa shape index (κ3) is 4.62. The van der Waals surface area contributed by atoms with Crippen LogP contribution in [0.3, 0.4) is 0 Å². The normalized spacial score (nSPS) is 12.1. The molecule has 3 N–H and O–H groups in total. The maximum absolute atomic E-state index is 12.8. The fraction of sp³-hybridized carbons (Fsp3) is 0.250. The van der Waals surface area contributed by atoms with E-state index < -0.39 is 31.1 Å². The van der Waals surface area contributed by atoms with Crippen LogP contribution < -0.4 is 5.32 Å². The van der Waals surface area contributed by atoms with Crippen molar-refractivity contribution in [1.82, 2.24) is 14.7 Å². The van der Waals surface area contributed by atoms with E-state index in [0.29, 0.717) is 0 Å². The summed E-state index contributed by atoms with van der Waals surface area (Å²) in [5.41, 5.74) is 4.34. The Labute approximate surface area is 195 Å². The number of amides is 2. The number of rotatable bonds is 8. The Morgan fingerprint density at radius 1 is 1.09 bits per heavy atom. The highest BCUT2D eigenvalue weighted by Crippen LogP contribution is 2.44. The van der Waals surface area contributed by atoms with Crippen LogP contribution in [0.2, 0.25) is 0 Å². The SMILES string of the molecule is Cn1cc(C(=O)N(CCO)CC(=O)O)c(NC(=O)OCC2c3ccccc3-c3ccccc32)n1. The molecule has 0 saturated heterocycles. The first-order valence-corrected chi connectivity index (χ1v) is 10.7. The lowest BCUT2D eigenvalue weighted by Gasteiger charge is -2.19. The van der Waals surface area contributed by atoms with E-state index in [4.69, 9.17) is 9.84 Å². The van der Waals surface area contributed by atoms with E-state index in [2.05, 4.69) is 10.4 Å². The average Bonchev–Trinajstić information content (AvgIpc) is 3.34. The number of fused-ring (bicyclic) bond motifs is 3. The quantitative estimate of drug-likeness (QED) is 0.466. The molecule has 2 amide bonds. The number of aliphatic hydroxyl groups excluding tert-OH is 1. The van der Waals surface area contributed by atoms with Crippen LogP contribution in [-0.4, -0.2) is 69.2 Å². The smallest absolute Gasteiger partial charge is 0.412 e. The van der Waals surface area contributed by atoms with Crippen molar-refractivity contribution in [2.45, 2.75) is 5.92 Å². The van der Waals surface area contributed by atoms with Crippen molar-refractivity contribution in [3.8, 4) is 11.1 Å². The fourth-order valence-corrected chi connectivity index (χ4v) is 4.18. The number of benzene rings is 2. The number of hydrogen-bond acceptors (Lipinski definition) is 6. The molecule has 4 rings (SSSR count). The minimum atomic E-state index is -1.23. The Morgan fingerprint density at radius 3 is 2.29 bits per heavy atom. The summed E-state index contributed by atoms with van der Waals surface area (Å²) >= 11 is 0. The molecule has 0 bridgehead atoms. The molecule has 0 radical (unpaired) electrons. The molecule has 10 heteroatoms. The summed E-state index contributed by atoms with van der Waals surface area (Å²) in [5, 5.41) is 24.8. The van der Waals surface area contributed by atoms with Crippen LogP contribution in [0.5, 0.6) is 0 Å². The average molecular weight is 464 g/mol. The fourth-order valence-electron chi connectivity index (χ4n) is 4.18. The van der Waals surface area contributed by atoms with Crippen molar-refractivity contribution in [3.63, 3.8) is 0 Å². The lowest BCUT2D eigenvalue weighted by molar-refractivity contribution is -0.137. The maximum atomic E-state index is 12.8. The number of carbonyl (C=O) groups is 3. The molecule has 0 unspecified atom stereocenters. The molecule has 0 fully saturated rings. The minimum absolute atomic E-state index is 0.00860. The number of nitrogens with one attached hydrogen (secondary N) is 1. The van der Waals surface area contributed by atoms with Gasteiger partial charge in [0.25, 0.3) is 5.91 Å². The van der Waals surface area contributed by atoms with E-state index in [0.717, 1.165) is 27.2 Å². The Balaban J connectivity index is 1.48. The van der Waals surface area contributed by atoms with Gasteiger partial charge < -0.3 is 19.8 Å². The zero-order valence-corrected chi connectivity index (χ0v) is 18.5. The molecule has 1 aromatic heterocycles. The number of aryl methyl sites for hydroxylation is 1. The highest BCUT2D eigenvalue weighted by atomic mass is 16.5. The van der Waals surface area contributed by atoms with Crippen LogP contribution in [0, 0.1) is 0 Å². The van der Waals surface area contributed by atoms with Crippen LogP contribution in [0.25, 0.3) is 11.1 Å². The number of carboxylic acid groups (broad SMARTS) is 1. The number of ether oxygens (including phenoxy) is 1. The van der Waals surface area contributed by atoms with Gasteiger partial charge in [-0.2, -0.15) is 5.10 Å². The van der Waals surface area contributed by atoms with Gasteiger partial charge in [-0.15, -0.1) is 0 Å². The summed E-state index contributed by atoms with van der Waals surface area (Å²) in [6.45, 7) is -1.09. The monoisotopic (exact) mass is 464 g/mol. The van der Waals surface area contributed by atoms with E-state index >= 15 is 0 Å². The molecule has 0 spiro atoms. The van der Waals surface area contributed by atoms with Crippen molar-refractivity contribution < 1.29 is 29.3 Å². The highest BCUT2D eigenvalue weighted by Gasteiger charge is 2.30. The topological polar surface area (TPSA) is 134 Å². The summed E-state index contributed by atoms with van der Waals surface area (Å²) in [6, 6.07) is 15.9. The second-order valence-corrected chi connectivity index (χ2v) is 7.86. The van der Waals surface area contributed by atoms with Crippen molar-refractivity contribution in [2.75, 3.05) is 31.6 Å². The molecule has 10 nitrogen and oxygen atoms in total. The van der Waals surface area contributed by atoms with Crippen molar-refractivity contribution in [3.05, 3.63) is 71.4 Å². The summed E-state index contributed by atoms with van der Waals surface area (Å²) in [5.74, 6) is -2.09. The van der Waals surface area contributed by atoms with Crippen LogP contribution in [0.4, 0.5) is 10.6 Å². The molecule has 3 aromatic rings. The van der Waals surface area contributed by atoms with Gasteiger partial charge in [0.15, 0.2) is 5.82 Å². The number of aliphatic hydroxyl groups is 1. The second-order valence-electron chi connectivity index (χ2n) is 7.86. The largest absolute Gasteiger partial charge is 0.480 e. The van der Waals surface area contributed by atoms with Gasteiger partial charge in [0, 0.05) is 25.7 Å². The van der Waals surface area contributed by atoms with Crippen molar-refractivity contribution >= 4 is 23.8 Å². The van der Waals surface area contributed by atoms with Gasteiger partial charge in [-0.25, -0.2) is 4.79 Å². The van der Waals surface area contributed by atoms with Gasteiger partial charge in [0.2, 0.25) is 0 Å². The van der Waals surface area contributed by atoms with E-state index in [9.17, 15) is 19.5 Å². The van der Waals surface area contributed by atoms with E-state index in [1.807, 2.05) is 48.5 Å². The third-order valence-corrected chi connectivity index (χ3v) is 5.61. The lowest BCUT2D eigenvalue weighted by atomic mass is 9.98. The number of anilines is 1. The first-order valence-electron chi connectivity index (χ1n) is 10.7. The van der Waals surface area contributed by atoms with Crippen molar-refractivity contribution in [2.24, 2.45) is 7.05 Å².